The number of anilines is 1. The largest absolute Gasteiger partial charge is 0.368 e. The van der Waals surface area contributed by atoms with Gasteiger partial charge in [-0.15, -0.1) is 0 Å². The van der Waals surface area contributed by atoms with Gasteiger partial charge >= 0.3 is 0 Å². The highest BCUT2D eigenvalue weighted by Crippen LogP contribution is 2.45. The van der Waals surface area contributed by atoms with Crippen LogP contribution in [0.5, 0.6) is 0 Å². The first-order valence-electron chi connectivity index (χ1n) is 7.28. The maximum atomic E-state index is 2.62. The van der Waals surface area contributed by atoms with Gasteiger partial charge in [0.05, 0.1) is 0 Å². The Bertz CT molecular complexity index is 602. The predicted molar refractivity (Wildman–Crippen MR) is 79.9 cm³/mol. The van der Waals surface area contributed by atoms with Gasteiger partial charge in [-0.25, -0.2) is 0 Å². The van der Waals surface area contributed by atoms with E-state index in [9.17, 15) is 0 Å². The monoisotopic (exact) mass is 249 g/mol. The maximum Gasteiger partial charge on any atom is 0.0440 e. The lowest BCUT2D eigenvalue weighted by molar-refractivity contribution is 0.595. The molecule has 0 aromatic heterocycles. The van der Waals surface area contributed by atoms with Crippen LogP contribution in [0.3, 0.4) is 0 Å². The summed E-state index contributed by atoms with van der Waals surface area (Å²) in [5.74, 6) is 0.581. The molecule has 2 aromatic rings. The molecule has 1 nitrogen and oxygen atoms in total. The van der Waals surface area contributed by atoms with E-state index in [1.54, 1.807) is 11.1 Å². The van der Waals surface area contributed by atoms with Crippen molar-refractivity contribution in [1.29, 1.82) is 0 Å². The normalized spacial score (nSPS) is 24.4. The summed E-state index contributed by atoms with van der Waals surface area (Å²) in [6.07, 6.45) is 2.45. The molecule has 0 saturated heterocycles. The summed E-state index contributed by atoms with van der Waals surface area (Å²) in [6.45, 7) is 3.55. The Morgan fingerprint density at radius 3 is 2.68 bits per heavy atom. The summed E-state index contributed by atoms with van der Waals surface area (Å²) >= 11 is 0. The maximum absolute atomic E-state index is 2.62. The third-order valence-electron chi connectivity index (χ3n) is 4.72. The smallest absolute Gasteiger partial charge is 0.0440 e. The summed E-state index contributed by atoms with van der Waals surface area (Å²) in [6, 6.07) is 18.5. The number of benzene rings is 2. The highest BCUT2D eigenvalue weighted by molar-refractivity contribution is 5.68. The van der Waals surface area contributed by atoms with E-state index in [0.717, 1.165) is 0 Å². The van der Waals surface area contributed by atoms with Gasteiger partial charge in [0.25, 0.3) is 0 Å². The standard InChI is InChI=1S/C18H19N/c1-13-12-15-8-5-9-17-16(10-11-19(13)18(15)17)14-6-3-2-4-7-14/h2-9,13,16H,10-12H2,1H3. The second-order valence-corrected chi connectivity index (χ2v) is 5.85. The molecule has 96 valence electrons. The van der Waals surface area contributed by atoms with Crippen LogP contribution in [-0.2, 0) is 6.42 Å². The zero-order valence-corrected chi connectivity index (χ0v) is 11.3. The molecule has 2 aromatic carbocycles. The molecule has 2 aliphatic heterocycles. The second kappa shape index (κ2) is 4.12. The first kappa shape index (κ1) is 11.1. The molecule has 19 heavy (non-hydrogen) atoms. The Labute approximate surface area is 114 Å². The molecule has 0 fully saturated rings. The molecule has 2 atom stereocenters. The van der Waals surface area contributed by atoms with Gasteiger partial charge in [0, 0.05) is 24.2 Å². The Hall–Kier alpha value is -1.76. The third-order valence-corrected chi connectivity index (χ3v) is 4.72. The average Bonchev–Trinajstić information content (AvgIpc) is 2.79. The zero-order chi connectivity index (χ0) is 12.8. The van der Waals surface area contributed by atoms with E-state index in [4.69, 9.17) is 0 Å². The van der Waals surface area contributed by atoms with Crippen LogP contribution in [0.1, 0.15) is 36.0 Å². The fraction of sp³-hybridized carbons (Fsp3) is 0.333. The van der Waals surface area contributed by atoms with Crippen LogP contribution < -0.4 is 4.90 Å². The highest BCUT2D eigenvalue weighted by atomic mass is 15.2. The van der Waals surface area contributed by atoms with Crippen molar-refractivity contribution in [1.82, 2.24) is 0 Å². The van der Waals surface area contributed by atoms with Crippen molar-refractivity contribution in [2.24, 2.45) is 0 Å². The molecule has 0 N–H and O–H groups in total. The summed E-state index contributed by atoms with van der Waals surface area (Å²) in [5, 5.41) is 0. The lowest BCUT2D eigenvalue weighted by atomic mass is 9.84. The molecule has 0 spiro atoms. The summed E-state index contributed by atoms with van der Waals surface area (Å²) in [5.41, 5.74) is 6.09. The molecule has 2 unspecified atom stereocenters. The van der Waals surface area contributed by atoms with E-state index >= 15 is 0 Å². The first-order chi connectivity index (χ1) is 9.34. The van der Waals surface area contributed by atoms with E-state index in [-0.39, 0.29) is 0 Å². The Balaban J connectivity index is 1.85. The van der Waals surface area contributed by atoms with Crippen molar-refractivity contribution >= 4 is 5.69 Å². The topological polar surface area (TPSA) is 3.24 Å². The highest BCUT2D eigenvalue weighted by Gasteiger charge is 2.34. The van der Waals surface area contributed by atoms with E-state index < -0.39 is 0 Å². The van der Waals surface area contributed by atoms with Crippen LogP contribution in [0.15, 0.2) is 48.5 Å². The Morgan fingerprint density at radius 1 is 1.00 bits per heavy atom. The van der Waals surface area contributed by atoms with Crippen LogP contribution in [-0.4, -0.2) is 12.6 Å². The Morgan fingerprint density at radius 2 is 1.84 bits per heavy atom. The summed E-state index contributed by atoms with van der Waals surface area (Å²) in [7, 11) is 0. The minimum atomic E-state index is 0.581. The van der Waals surface area contributed by atoms with E-state index in [2.05, 4.69) is 60.4 Å². The predicted octanol–water partition coefficient (Wildman–Crippen LogP) is 3.97. The SMILES string of the molecule is CC1Cc2cccc3c2N1CCC3c1ccccc1. The van der Waals surface area contributed by atoms with Crippen LogP contribution in [0.4, 0.5) is 5.69 Å². The molecular formula is C18H19N. The lowest BCUT2D eigenvalue weighted by Gasteiger charge is -2.35. The van der Waals surface area contributed by atoms with Crippen LogP contribution in [0.2, 0.25) is 0 Å². The van der Waals surface area contributed by atoms with Gasteiger partial charge in [-0.1, -0.05) is 48.5 Å². The van der Waals surface area contributed by atoms with E-state index in [1.165, 1.54) is 30.6 Å². The quantitative estimate of drug-likeness (QED) is 0.739. The zero-order valence-electron chi connectivity index (χ0n) is 11.3. The second-order valence-electron chi connectivity index (χ2n) is 5.85. The van der Waals surface area contributed by atoms with Crippen molar-refractivity contribution in [3.8, 4) is 0 Å². The van der Waals surface area contributed by atoms with E-state index in [0.29, 0.717) is 12.0 Å². The number of hydrogen-bond donors (Lipinski definition) is 0. The summed E-state index contributed by atoms with van der Waals surface area (Å²) < 4.78 is 0. The number of hydrogen-bond acceptors (Lipinski definition) is 1. The third kappa shape index (κ3) is 1.61. The number of para-hydroxylation sites is 1. The van der Waals surface area contributed by atoms with Gasteiger partial charge in [-0.05, 0) is 36.5 Å². The Kier molecular flexibility index (Phi) is 2.41. The van der Waals surface area contributed by atoms with Crippen LogP contribution in [0.25, 0.3) is 0 Å². The molecule has 2 heterocycles. The average molecular weight is 249 g/mol. The van der Waals surface area contributed by atoms with Gasteiger partial charge in [0.1, 0.15) is 0 Å². The minimum absolute atomic E-state index is 0.581. The minimum Gasteiger partial charge on any atom is -0.368 e. The van der Waals surface area contributed by atoms with Crippen molar-refractivity contribution < 1.29 is 0 Å². The first-order valence-corrected chi connectivity index (χ1v) is 7.28. The fourth-order valence-electron chi connectivity index (χ4n) is 3.84. The molecule has 0 bridgehead atoms. The van der Waals surface area contributed by atoms with Crippen molar-refractivity contribution in [3.05, 3.63) is 65.2 Å². The van der Waals surface area contributed by atoms with Crippen LogP contribution in [0, 0.1) is 0 Å². The van der Waals surface area contributed by atoms with Crippen molar-refractivity contribution in [2.45, 2.75) is 31.7 Å². The fourth-order valence-corrected chi connectivity index (χ4v) is 3.84. The molecule has 0 saturated carbocycles. The molecule has 0 aliphatic carbocycles. The van der Waals surface area contributed by atoms with Crippen molar-refractivity contribution in [2.75, 3.05) is 11.4 Å². The molecule has 0 radical (unpaired) electrons. The molecule has 0 amide bonds. The number of nitrogens with zero attached hydrogens (tertiary/aromatic N) is 1. The van der Waals surface area contributed by atoms with Gasteiger partial charge in [0.2, 0.25) is 0 Å². The molecule has 2 aliphatic rings. The number of rotatable bonds is 1. The van der Waals surface area contributed by atoms with Crippen molar-refractivity contribution in [3.63, 3.8) is 0 Å². The van der Waals surface area contributed by atoms with E-state index in [1.807, 2.05) is 0 Å². The lowest BCUT2D eigenvalue weighted by Crippen LogP contribution is -2.34. The van der Waals surface area contributed by atoms with Gasteiger partial charge in [0.15, 0.2) is 0 Å². The van der Waals surface area contributed by atoms with Gasteiger partial charge < -0.3 is 4.90 Å². The summed E-state index contributed by atoms with van der Waals surface area (Å²) in [4.78, 5) is 2.62. The van der Waals surface area contributed by atoms with Gasteiger partial charge in [-0.3, -0.25) is 0 Å². The van der Waals surface area contributed by atoms with Crippen LogP contribution >= 0.6 is 0 Å². The van der Waals surface area contributed by atoms with Gasteiger partial charge in [-0.2, -0.15) is 0 Å². The molecule has 4 rings (SSSR count). The molecule has 1 heteroatoms. The molecular weight excluding hydrogens is 230 g/mol.